The minimum absolute atomic E-state index is 0.00737. The van der Waals surface area contributed by atoms with Crippen LogP contribution in [0, 0.1) is 11.7 Å². The van der Waals surface area contributed by atoms with Crippen molar-refractivity contribution in [1.82, 2.24) is 24.5 Å². The third-order valence-electron chi connectivity index (χ3n) is 8.87. The highest BCUT2D eigenvalue weighted by molar-refractivity contribution is 5.86. The zero-order chi connectivity index (χ0) is 27.7. The quantitative estimate of drug-likeness (QED) is 0.549. The smallest absolute Gasteiger partial charge is 0.408 e. The number of amides is 2. The molecule has 0 radical (unpaired) electrons. The molecule has 9 heteroatoms. The Morgan fingerprint density at radius 2 is 1.77 bits per heavy atom. The van der Waals surface area contributed by atoms with Crippen molar-refractivity contribution in [1.29, 1.82) is 0 Å². The number of aromatic nitrogens is 2. The molecule has 0 unspecified atom stereocenters. The summed E-state index contributed by atoms with van der Waals surface area (Å²) in [4.78, 5) is 33.3. The fourth-order valence-corrected chi connectivity index (χ4v) is 7.00. The molecule has 2 aromatic rings. The highest BCUT2D eigenvalue weighted by atomic mass is 19.1. The van der Waals surface area contributed by atoms with Gasteiger partial charge in [-0.3, -0.25) is 19.3 Å². The monoisotopic (exact) mass is 539 g/mol. The molecule has 212 valence electrons. The van der Waals surface area contributed by atoms with E-state index >= 15 is 0 Å². The number of fused-ring (bicyclic) bond motifs is 1. The molecule has 1 aromatic heterocycles. The summed E-state index contributed by atoms with van der Waals surface area (Å²) in [5, 5.41) is 15.0. The fraction of sp³-hybridized carbons (Fsp3) is 0.633. The second-order valence-corrected chi connectivity index (χ2v) is 12.5. The third-order valence-corrected chi connectivity index (χ3v) is 8.87. The fourth-order valence-electron chi connectivity index (χ4n) is 7.00. The van der Waals surface area contributed by atoms with Gasteiger partial charge in [0, 0.05) is 30.9 Å². The van der Waals surface area contributed by atoms with Gasteiger partial charge in [0.15, 0.2) is 0 Å². The Morgan fingerprint density at radius 3 is 2.44 bits per heavy atom. The minimum atomic E-state index is -1.04. The van der Waals surface area contributed by atoms with E-state index in [4.69, 9.17) is 0 Å². The second-order valence-electron chi connectivity index (χ2n) is 12.5. The first-order valence-electron chi connectivity index (χ1n) is 14.5. The summed E-state index contributed by atoms with van der Waals surface area (Å²) < 4.78 is 15.4. The first kappa shape index (κ1) is 27.6. The van der Waals surface area contributed by atoms with Crippen LogP contribution >= 0.6 is 0 Å². The largest absolute Gasteiger partial charge is 0.465 e. The Morgan fingerprint density at radius 1 is 1.05 bits per heavy atom. The number of benzene rings is 1. The van der Waals surface area contributed by atoms with Crippen LogP contribution in [0.15, 0.2) is 36.5 Å². The predicted molar refractivity (Wildman–Crippen MR) is 147 cm³/mol. The van der Waals surface area contributed by atoms with Crippen LogP contribution in [0.1, 0.15) is 83.0 Å². The van der Waals surface area contributed by atoms with Crippen molar-refractivity contribution in [2.75, 3.05) is 19.6 Å². The summed E-state index contributed by atoms with van der Waals surface area (Å²) in [5.74, 6) is -0.350. The number of piperazine rings is 1. The van der Waals surface area contributed by atoms with Crippen molar-refractivity contribution in [2.45, 2.75) is 95.9 Å². The molecular weight excluding hydrogens is 497 g/mol. The molecule has 0 bridgehead atoms. The van der Waals surface area contributed by atoms with Crippen molar-refractivity contribution in [3.05, 3.63) is 53.6 Å². The van der Waals surface area contributed by atoms with Gasteiger partial charge < -0.3 is 10.0 Å². The molecule has 3 fully saturated rings. The molecule has 39 heavy (non-hydrogen) atoms. The first-order chi connectivity index (χ1) is 18.6. The molecule has 0 spiro atoms. The van der Waals surface area contributed by atoms with E-state index < -0.39 is 17.7 Å². The molecule has 1 aromatic carbocycles. The predicted octanol–water partition coefficient (Wildman–Crippen LogP) is 5.15. The van der Waals surface area contributed by atoms with Gasteiger partial charge in [-0.05, 0) is 82.7 Å². The van der Waals surface area contributed by atoms with Gasteiger partial charge in [0.2, 0.25) is 5.91 Å². The van der Waals surface area contributed by atoms with Gasteiger partial charge >= 0.3 is 6.09 Å². The molecule has 3 aliphatic rings. The number of carbonyl (C=O) groups is 2. The number of hydrogen-bond donors (Lipinski definition) is 1. The van der Waals surface area contributed by atoms with E-state index in [2.05, 4.69) is 10.00 Å². The molecule has 1 saturated carbocycles. The summed E-state index contributed by atoms with van der Waals surface area (Å²) in [6.45, 7) is 8.42. The summed E-state index contributed by atoms with van der Waals surface area (Å²) in [6.07, 6.45) is 7.78. The van der Waals surface area contributed by atoms with Crippen LogP contribution in [0.3, 0.4) is 0 Å². The average molecular weight is 540 g/mol. The first-order valence-corrected chi connectivity index (χ1v) is 14.5. The van der Waals surface area contributed by atoms with Crippen LogP contribution in [-0.2, 0) is 11.3 Å². The van der Waals surface area contributed by atoms with Gasteiger partial charge in [-0.2, -0.15) is 5.10 Å². The normalized spacial score (nSPS) is 23.4. The zero-order valence-electron chi connectivity index (χ0n) is 23.4. The summed E-state index contributed by atoms with van der Waals surface area (Å²) >= 11 is 0. The summed E-state index contributed by atoms with van der Waals surface area (Å²) in [6, 6.07) is 7.72. The van der Waals surface area contributed by atoms with E-state index in [-0.39, 0.29) is 23.7 Å². The molecule has 2 aliphatic heterocycles. The number of carbonyl (C=O) groups excluding carboxylic acids is 1. The Bertz CT molecular complexity index is 1150. The van der Waals surface area contributed by atoms with Gasteiger partial charge in [0.25, 0.3) is 0 Å². The Hall–Kier alpha value is -2.94. The summed E-state index contributed by atoms with van der Waals surface area (Å²) in [5.41, 5.74) is 1.15. The van der Waals surface area contributed by atoms with Gasteiger partial charge in [-0.25, -0.2) is 9.18 Å². The number of halogens is 1. The lowest BCUT2D eigenvalue weighted by Gasteiger charge is -2.49. The summed E-state index contributed by atoms with van der Waals surface area (Å²) in [7, 11) is 0. The zero-order valence-corrected chi connectivity index (χ0v) is 23.4. The average Bonchev–Trinajstić information content (AvgIpc) is 3.56. The standard InChI is InChI=1S/C30H42FN5O3/c1-30(2,3)36(29(38)39)27(22-8-5-4-6-9-22)28(37)34-19-24-10-7-17-33(24)20-26(34)25-15-16-32-35(25)18-21-11-13-23(31)14-12-21/h11-16,22,24,26-27H,4-10,17-20H2,1-3H3,(H,38,39)/t24-,26+,27+/m1/s1. The van der Waals surface area contributed by atoms with Crippen molar-refractivity contribution in [3.63, 3.8) is 0 Å². The van der Waals surface area contributed by atoms with Crippen molar-refractivity contribution >= 4 is 12.0 Å². The number of rotatable bonds is 6. The van der Waals surface area contributed by atoms with Crippen molar-refractivity contribution < 1.29 is 19.1 Å². The molecule has 5 rings (SSSR count). The van der Waals surface area contributed by atoms with E-state index in [1.54, 1.807) is 18.3 Å². The molecule has 3 heterocycles. The van der Waals surface area contributed by atoms with Gasteiger partial charge in [0.05, 0.1) is 18.3 Å². The molecule has 2 amide bonds. The van der Waals surface area contributed by atoms with E-state index in [1.165, 1.54) is 17.0 Å². The van der Waals surface area contributed by atoms with Crippen LogP contribution < -0.4 is 0 Å². The maximum absolute atomic E-state index is 14.7. The van der Waals surface area contributed by atoms with Gasteiger partial charge in [-0.1, -0.05) is 31.4 Å². The van der Waals surface area contributed by atoms with E-state index in [1.807, 2.05) is 36.4 Å². The highest BCUT2D eigenvalue weighted by Crippen LogP contribution is 2.38. The Balaban J connectivity index is 1.51. The number of hydrogen-bond acceptors (Lipinski definition) is 4. The topological polar surface area (TPSA) is 81.9 Å². The van der Waals surface area contributed by atoms with E-state index in [0.717, 1.165) is 62.7 Å². The van der Waals surface area contributed by atoms with Gasteiger partial charge in [-0.15, -0.1) is 0 Å². The van der Waals surface area contributed by atoms with Crippen molar-refractivity contribution in [3.8, 4) is 0 Å². The SMILES string of the molecule is CC(C)(C)N(C(=O)O)[C@H](C(=O)N1C[C@H]2CCCN2C[C@H]1c1ccnn1Cc1ccc(F)cc1)C1CCCCC1. The Kier molecular flexibility index (Phi) is 7.99. The Labute approximate surface area is 230 Å². The lowest BCUT2D eigenvalue weighted by molar-refractivity contribution is -0.148. The maximum atomic E-state index is 14.7. The van der Waals surface area contributed by atoms with Crippen molar-refractivity contribution in [2.24, 2.45) is 5.92 Å². The number of nitrogens with zero attached hydrogens (tertiary/aromatic N) is 5. The number of carboxylic acid groups (broad SMARTS) is 1. The molecular formula is C30H42FN5O3. The van der Waals surface area contributed by atoms with Crippen LogP contribution in [0.25, 0.3) is 0 Å². The van der Waals surface area contributed by atoms with Crippen LogP contribution in [0.4, 0.5) is 9.18 Å². The van der Waals surface area contributed by atoms with Crippen LogP contribution in [-0.4, -0.2) is 78.8 Å². The van der Waals surface area contributed by atoms with E-state index in [0.29, 0.717) is 25.7 Å². The van der Waals surface area contributed by atoms with Gasteiger partial charge in [0.1, 0.15) is 11.9 Å². The lowest BCUT2D eigenvalue weighted by atomic mass is 9.81. The second kappa shape index (κ2) is 11.3. The maximum Gasteiger partial charge on any atom is 0.408 e. The van der Waals surface area contributed by atoms with Crippen LogP contribution in [0.5, 0.6) is 0 Å². The highest BCUT2D eigenvalue weighted by Gasteiger charge is 2.48. The molecule has 1 aliphatic carbocycles. The third kappa shape index (κ3) is 5.83. The molecule has 3 atom stereocenters. The van der Waals surface area contributed by atoms with E-state index in [9.17, 15) is 19.1 Å². The minimum Gasteiger partial charge on any atom is -0.465 e. The molecule has 8 nitrogen and oxygen atoms in total. The van der Waals surface area contributed by atoms with Crippen LogP contribution in [0.2, 0.25) is 0 Å². The lowest BCUT2D eigenvalue weighted by Crippen LogP contribution is -2.63. The molecule has 2 saturated heterocycles. The molecule has 1 N–H and O–H groups in total.